The SMILES string of the molecule is CN=C(NCCCCc1nc(C)cs1)NCc1ccccc1OCC1CC1.I. The fraction of sp³-hybridized carbons (Fsp3) is 0.524. The van der Waals surface area contributed by atoms with Gasteiger partial charge in [-0.05, 0) is 51.0 Å². The minimum Gasteiger partial charge on any atom is -0.493 e. The van der Waals surface area contributed by atoms with Gasteiger partial charge in [-0.2, -0.15) is 0 Å². The molecule has 1 saturated carbocycles. The summed E-state index contributed by atoms with van der Waals surface area (Å²) in [5.41, 5.74) is 2.29. The molecule has 0 aliphatic heterocycles. The lowest BCUT2D eigenvalue weighted by Gasteiger charge is -2.14. The Morgan fingerprint density at radius 2 is 2.07 bits per heavy atom. The van der Waals surface area contributed by atoms with Gasteiger partial charge in [-0.15, -0.1) is 35.3 Å². The number of para-hydroxylation sites is 1. The van der Waals surface area contributed by atoms with Crippen molar-refractivity contribution in [3.8, 4) is 5.75 Å². The van der Waals surface area contributed by atoms with Crippen molar-refractivity contribution in [2.24, 2.45) is 10.9 Å². The van der Waals surface area contributed by atoms with E-state index in [9.17, 15) is 0 Å². The van der Waals surface area contributed by atoms with Crippen LogP contribution < -0.4 is 15.4 Å². The molecule has 154 valence electrons. The first-order valence-electron chi connectivity index (χ1n) is 9.81. The Labute approximate surface area is 189 Å². The molecule has 0 unspecified atom stereocenters. The third-order valence-electron chi connectivity index (χ3n) is 4.59. The molecule has 2 aromatic rings. The molecule has 0 radical (unpaired) electrons. The van der Waals surface area contributed by atoms with Gasteiger partial charge in [-0.3, -0.25) is 4.99 Å². The molecule has 1 aromatic carbocycles. The number of halogens is 1. The van der Waals surface area contributed by atoms with Crippen LogP contribution in [0.4, 0.5) is 0 Å². The number of aliphatic imine (C=N–C) groups is 1. The number of ether oxygens (including phenoxy) is 1. The zero-order chi connectivity index (χ0) is 18.9. The van der Waals surface area contributed by atoms with Gasteiger partial charge in [-0.1, -0.05) is 18.2 Å². The van der Waals surface area contributed by atoms with E-state index >= 15 is 0 Å². The van der Waals surface area contributed by atoms with Gasteiger partial charge < -0.3 is 15.4 Å². The number of hydrogen-bond donors (Lipinski definition) is 2. The third kappa shape index (κ3) is 7.95. The second kappa shape index (κ2) is 12.3. The number of unbranched alkanes of at least 4 members (excludes halogenated alkanes) is 1. The number of aromatic nitrogens is 1. The number of benzene rings is 1. The molecule has 0 saturated heterocycles. The normalized spacial score (nSPS) is 13.7. The molecular weight excluding hydrogens is 483 g/mol. The van der Waals surface area contributed by atoms with Crippen LogP contribution in [0.2, 0.25) is 0 Å². The highest BCUT2D eigenvalue weighted by atomic mass is 127. The van der Waals surface area contributed by atoms with Crippen molar-refractivity contribution in [3.63, 3.8) is 0 Å². The molecule has 0 atom stereocenters. The molecular formula is C21H31IN4OS. The predicted molar refractivity (Wildman–Crippen MR) is 128 cm³/mol. The Balaban J connectivity index is 0.00000280. The largest absolute Gasteiger partial charge is 0.493 e. The summed E-state index contributed by atoms with van der Waals surface area (Å²) in [6.07, 6.45) is 5.89. The second-order valence-corrected chi connectivity index (χ2v) is 8.00. The van der Waals surface area contributed by atoms with Crippen LogP contribution in [0.3, 0.4) is 0 Å². The van der Waals surface area contributed by atoms with E-state index in [2.05, 4.69) is 44.2 Å². The zero-order valence-corrected chi connectivity index (χ0v) is 19.9. The van der Waals surface area contributed by atoms with Gasteiger partial charge in [0.2, 0.25) is 0 Å². The summed E-state index contributed by atoms with van der Waals surface area (Å²) in [4.78, 5) is 8.83. The number of rotatable bonds is 10. The quantitative estimate of drug-likeness (QED) is 0.212. The van der Waals surface area contributed by atoms with Crippen molar-refractivity contribution in [3.05, 3.63) is 45.9 Å². The lowest BCUT2D eigenvalue weighted by Crippen LogP contribution is -2.37. The van der Waals surface area contributed by atoms with E-state index in [-0.39, 0.29) is 24.0 Å². The van der Waals surface area contributed by atoms with Gasteiger partial charge in [0.15, 0.2) is 5.96 Å². The van der Waals surface area contributed by atoms with Gasteiger partial charge in [0.1, 0.15) is 5.75 Å². The van der Waals surface area contributed by atoms with Crippen LogP contribution in [0, 0.1) is 12.8 Å². The average molecular weight is 514 g/mol. The van der Waals surface area contributed by atoms with Crippen LogP contribution in [0.25, 0.3) is 0 Å². The van der Waals surface area contributed by atoms with Gasteiger partial charge in [0.05, 0.1) is 11.6 Å². The Morgan fingerprint density at radius 3 is 2.79 bits per heavy atom. The molecule has 0 amide bonds. The summed E-state index contributed by atoms with van der Waals surface area (Å²) in [6.45, 7) is 4.50. The van der Waals surface area contributed by atoms with Crippen LogP contribution in [-0.2, 0) is 13.0 Å². The Kier molecular flexibility index (Phi) is 10.0. The first-order valence-corrected chi connectivity index (χ1v) is 10.7. The van der Waals surface area contributed by atoms with E-state index in [0.717, 1.165) is 55.7 Å². The molecule has 0 bridgehead atoms. The van der Waals surface area contributed by atoms with Crippen molar-refractivity contribution in [1.82, 2.24) is 15.6 Å². The lowest BCUT2D eigenvalue weighted by atomic mass is 10.2. The number of hydrogen-bond acceptors (Lipinski definition) is 4. The minimum atomic E-state index is 0. The van der Waals surface area contributed by atoms with Crippen molar-refractivity contribution in [2.75, 3.05) is 20.2 Å². The highest BCUT2D eigenvalue weighted by molar-refractivity contribution is 14.0. The van der Waals surface area contributed by atoms with Crippen molar-refractivity contribution >= 4 is 41.3 Å². The molecule has 1 aliphatic rings. The maximum absolute atomic E-state index is 5.98. The summed E-state index contributed by atoms with van der Waals surface area (Å²) in [7, 11) is 1.81. The van der Waals surface area contributed by atoms with Crippen LogP contribution in [0.5, 0.6) is 5.75 Å². The summed E-state index contributed by atoms with van der Waals surface area (Å²) in [5, 5.41) is 10.1. The smallest absolute Gasteiger partial charge is 0.191 e. The predicted octanol–water partition coefficient (Wildman–Crippen LogP) is 4.55. The second-order valence-electron chi connectivity index (χ2n) is 7.05. The molecule has 1 aromatic heterocycles. The molecule has 1 fully saturated rings. The molecule has 3 rings (SSSR count). The van der Waals surface area contributed by atoms with E-state index in [4.69, 9.17) is 4.74 Å². The van der Waals surface area contributed by atoms with Gasteiger partial charge in [-0.25, -0.2) is 4.98 Å². The van der Waals surface area contributed by atoms with Gasteiger partial charge in [0.25, 0.3) is 0 Å². The monoisotopic (exact) mass is 514 g/mol. The molecule has 28 heavy (non-hydrogen) atoms. The standard InChI is InChI=1S/C21H30N4OS.HI/c1-16-15-27-20(25-16)9-5-6-12-23-21(22-2)24-13-18-7-3-4-8-19(18)26-14-17-10-11-17;/h3-4,7-8,15,17H,5-6,9-14H2,1-2H3,(H2,22,23,24);1H. The van der Waals surface area contributed by atoms with Crippen LogP contribution in [-0.4, -0.2) is 31.1 Å². The third-order valence-corrected chi connectivity index (χ3v) is 5.62. The summed E-state index contributed by atoms with van der Waals surface area (Å²) < 4.78 is 5.98. The topological polar surface area (TPSA) is 58.5 Å². The van der Waals surface area contributed by atoms with Gasteiger partial charge in [0, 0.05) is 36.8 Å². The first-order chi connectivity index (χ1) is 13.2. The molecule has 7 heteroatoms. The summed E-state index contributed by atoms with van der Waals surface area (Å²) in [6, 6.07) is 8.24. The van der Waals surface area contributed by atoms with E-state index < -0.39 is 0 Å². The highest BCUT2D eigenvalue weighted by Gasteiger charge is 2.22. The van der Waals surface area contributed by atoms with Gasteiger partial charge >= 0.3 is 0 Å². The van der Waals surface area contributed by atoms with Crippen molar-refractivity contribution in [2.45, 2.75) is 45.6 Å². The number of guanidine groups is 1. The van der Waals surface area contributed by atoms with Crippen molar-refractivity contribution in [1.29, 1.82) is 0 Å². The van der Waals surface area contributed by atoms with Crippen LogP contribution in [0.15, 0.2) is 34.6 Å². The number of thiazole rings is 1. The van der Waals surface area contributed by atoms with E-state index in [1.807, 2.05) is 20.0 Å². The fourth-order valence-electron chi connectivity index (χ4n) is 2.81. The summed E-state index contributed by atoms with van der Waals surface area (Å²) in [5.74, 6) is 2.57. The first kappa shape index (κ1) is 22.9. The Hall–Kier alpha value is -1.35. The van der Waals surface area contributed by atoms with Crippen LogP contribution in [0.1, 0.15) is 41.9 Å². The summed E-state index contributed by atoms with van der Waals surface area (Å²) >= 11 is 1.76. The molecule has 2 N–H and O–H groups in total. The molecule has 1 heterocycles. The highest BCUT2D eigenvalue weighted by Crippen LogP contribution is 2.30. The Bertz CT molecular complexity index is 746. The molecule has 5 nitrogen and oxygen atoms in total. The maximum Gasteiger partial charge on any atom is 0.191 e. The van der Waals surface area contributed by atoms with E-state index in [1.165, 1.54) is 23.4 Å². The molecule has 0 spiro atoms. The number of aryl methyl sites for hydroxylation is 2. The van der Waals surface area contributed by atoms with Crippen molar-refractivity contribution < 1.29 is 4.74 Å². The number of nitrogens with zero attached hydrogens (tertiary/aromatic N) is 2. The van der Waals surface area contributed by atoms with E-state index in [1.54, 1.807) is 11.3 Å². The van der Waals surface area contributed by atoms with Crippen LogP contribution >= 0.6 is 35.3 Å². The maximum atomic E-state index is 5.98. The number of nitrogens with one attached hydrogen (secondary N) is 2. The lowest BCUT2D eigenvalue weighted by molar-refractivity contribution is 0.296. The minimum absolute atomic E-state index is 0. The fourth-order valence-corrected chi connectivity index (χ4v) is 3.63. The zero-order valence-electron chi connectivity index (χ0n) is 16.7. The average Bonchev–Trinajstić information content (AvgIpc) is 3.43. The van der Waals surface area contributed by atoms with E-state index in [0.29, 0.717) is 6.54 Å². The molecule has 1 aliphatic carbocycles. The Morgan fingerprint density at radius 1 is 1.25 bits per heavy atom.